The van der Waals surface area contributed by atoms with Crippen molar-refractivity contribution in [3.63, 3.8) is 0 Å². The van der Waals surface area contributed by atoms with Crippen molar-refractivity contribution in [2.24, 2.45) is 5.92 Å². The molecular weight excluding hydrogens is 238 g/mol. The van der Waals surface area contributed by atoms with Crippen LogP contribution in [-0.4, -0.2) is 24.2 Å². The minimum atomic E-state index is -0.970. The lowest BCUT2D eigenvalue weighted by Crippen LogP contribution is -2.46. The van der Waals surface area contributed by atoms with E-state index in [0.717, 1.165) is 24.7 Å². The Balaban J connectivity index is 2.08. The zero-order valence-electron chi connectivity index (χ0n) is 9.82. The Morgan fingerprint density at radius 2 is 2.24 bits per heavy atom. The number of anilines is 1. The van der Waals surface area contributed by atoms with Gasteiger partial charge >= 0.3 is 5.97 Å². The average molecular weight is 254 g/mol. The summed E-state index contributed by atoms with van der Waals surface area (Å²) >= 11 is 5.84. The Bertz CT molecular complexity index is 427. The van der Waals surface area contributed by atoms with E-state index in [1.54, 1.807) is 12.1 Å². The van der Waals surface area contributed by atoms with E-state index in [-0.39, 0.29) is 5.56 Å². The molecule has 17 heavy (non-hydrogen) atoms. The SMILES string of the molecule is CCCC1CN(c2ccc(Cl)c(C(=O)O)c2)C1. The number of hydrogen-bond donors (Lipinski definition) is 1. The van der Waals surface area contributed by atoms with Gasteiger partial charge < -0.3 is 10.0 Å². The van der Waals surface area contributed by atoms with Crippen LogP contribution >= 0.6 is 11.6 Å². The van der Waals surface area contributed by atoms with Gasteiger partial charge in [0.2, 0.25) is 0 Å². The summed E-state index contributed by atoms with van der Waals surface area (Å²) in [6, 6.07) is 5.21. The van der Waals surface area contributed by atoms with Crippen LogP contribution in [0.1, 0.15) is 30.1 Å². The van der Waals surface area contributed by atoms with Crippen LogP contribution in [-0.2, 0) is 0 Å². The monoisotopic (exact) mass is 253 g/mol. The molecule has 1 N–H and O–H groups in total. The number of benzene rings is 1. The third-order valence-corrected chi connectivity index (χ3v) is 3.53. The van der Waals surface area contributed by atoms with Gasteiger partial charge in [-0.05, 0) is 30.5 Å². The Hall–Kier alpha value is -1.22. The first-order chi connectivity index (χ1) is 8.11. The van der Waals surface area contributed by atoms with Gasteiger partial charge in [0.25, 0.3) is 0 Å². The Morgan fingerprint density at radius 3 is 2.82 bits per heavy atom. The molecule has 1 aromatic rings. The molecule has 0 radical (unpaired) electrons. The molecule has 2 rings (SSSR count). The lowest BCUT2D eigenvalue weighted by atomic mass is 9.94. The van der Waals surface area contributed by atoms with E-state index in [9.17, 15) is 4.79 Å². The first-order valence-corrected chi connectivity index (χ1v) is 6.27. The third kappa shape index (κ3) is 2.55. The van der Waals surface area contributed by atoms with Gasteiger partial charge in [0.1, 0.15) is 0 Å². The van der Waals surface area contributed by atoms with Crippen molar-refractivity contribution in [2.75, 3.05) is 18.0 Å². The molecule has 0 spiro atoms. The highest BCUT2D eigenvalue weighted by Crippen LogP contribution is 2.30. The van der Waals surface area contributed by atoms with Crippen molar-refractivity contribution < 1.29 is 9.90 Å². The normalized spacial score (nSPS) is 15.8. The molecule has 4 heteroatoms. The Morgan fingerprint density at radius 1 is 1.53 bits per heavy atom. The molecule has 1 aromatic carbocycles. The lowest BCUT2D eigenvalue weighted by molar-refractivity contribution is 0.0697. The molecule has 0 aliphatic carbocycles. The lowest BCUT2D eigenvalue weighted by Gasteiger charge is -2.41. The van der Waals surface area contributed by atoms with E-state index in [0.29, 0.717) is 5.02 Å². The maximum Gasteiger partial charge on any atom is 0.337 e. The molecule has 0 atom stereocenters. The van der Waals surface area contributed by atoms with Gasteiger partial charge in [-0.25, -0.2) is 4.79 Å². The second-order valence-corrected chi connectivity index (χ2v) is 4.94. The maximum absolute atomic E-state index is 11.0. The number of carboxylic acids is 1. The molecule has 0 bridgehead atoms. The summed E-state index contributed by atoms with van der Waals surface area (Å²) in [6.07, 6.45) is 2.45. The largest absolute Gasteiger partial charge is 0.478 e. The first-order valence-electron chi connectivity index (χ1n) is 5.89. The average Bonchev–Trinajstić information content (AvgIpc) is 2.24. The fourth-order valence-electron chi connectivity index (χ4n) is 2.25. The van der Waals surface area contributed by atoms with Gasteiger partial charge in [-0.3, -0.25) is 0 Å². The van der Waals surface area contributed by atoms with E-state index < -0.39 is 5.97 Å². The summed E-state index contributed by atoms with van der Waals surface area (Å²) in [5, 5.41) is 9.29. The van der Waals surface area contributed by atoms with E-state index >= 15 is 0 Å². The van der Waals surface area contributed by atoms with E-state index in [1.807, 2.05) is 6.07 Å². The van der Waals surface area contributed by atoms with Crippen LogP contribution in [0.15, 0.2) is 18.2 Å². The smallest absolute Gasteiger partial charge is 0.337 e. The molecule has 1 saturated heterocycles. The molecule has 0 saturated carbocycles. The highest BCUT2D eigenvalue weighted by molar-refractivity contribution is 6.33. The second-order valence-electron chi connectivity index (χ2n) is 4.53. The predicted molar refractivity (Wildman–Crippen MR) is 69.0 cm³/mol. The van der Waals surface area contributed by atoms with Crippen LogP contribution in [0, 0.1) is 5.92 Å². The van der Waals surface area contributed by atoms with Crippen LogP contribution in [0.25, 0.3) is 0 Å². The molecule has 92 valence electrons. The number of carboxylic acid groups (broad SMARTS) is 1. The molecule has 0 amide bonds. The van der Waals surface area contributed by atoms with Crippen molar-refractivity contribution in [2.45, 2.75) is 19.8 Å². The number of nitrogens with zero attached hydrogens (tertiary/aromatic N) is 1. The molecular formula is C13H16ClNO2. The predicted octanol–water partition coefficient (Wildman–Crippen LogP) is 3.27. The van der Waals surface area contributed by atoms with Crippen LogP contribution in [0.4, 0.5) is 5.69 Å². The zero-order chi connectivity index (χ0) is 12.4. The van der Waals surface area contributed by atoms with Gasteiger partial charge in [0.05, 0.1) is 10.6 Å². The zero-order valence-corrected chi connectivity index (χ0v) is 10.6. The standard InChI is InChI=1S/C13H16ClNO2/c1-2-3-9-7-15(8-9)10-4-5-12(14)11(6-10)13(16)17/h4-6,9H,2-3,7-8H2,1H3,(H,16,17). The Labute approximate surface area is 106 Å². The molecule has 1 fully saturated rings. The van der Waals surface area contributed by atoms with Crippen molar-refractivity contribution in [1.29, 1.82) is 0 Å². The second kappa shape index (κ2) is 4.96. The molecule has 0 aromatic heterocycles. The highest BCUT2D eigenvalue weighted by Gasteiger charge is 2.26. The summed E-state index contributed by atoms with van der Waals surface area (Å²) in [4.78, 5) is 13.2. The van der Waals surface area contributed by atoms with E-state index in [2.05, 4.69) is 11.8 Å². The van der Waals surface area contributed by atoms with Gasteiger partial charge in [0, 0.05) is 18.8 Å². The summed E-state index contributed by atoms with van der Waals surface area (Å²) < 4.78 is 0. The maximum atomic E-state index is 11.0. The number of aromatic carboxylic acids is 1. The van der Waals surface area contributed by atoms with E-state index in [4.69, 9.17) is 16.7 Å². The molecule has 1 heterocycles. The number of hydrogen-bond acceptors (Lipinski definition) is 2. The third-order valence-electron chi connectivity index (χ3n) is 3.20. The van der Waals surface area contributed by atoms with Gasteiger partial charge in [-0.1, -0.05) is 24.9 Å². The van der Waals surface area contributed by atoms with Crippen LogP contribution in [0.5, 0.6) is 0 Å². The van der Waals surface area contributed by atoms with E-state index in [1.165, 1.54) is 12.8 Å². The first kappa shape index (κ1) is 12.2. The number of rotatable bonds is 4. The van der Waals surface area contributed by atoms with Crippen molar-refractivity contribution >= 4 is 23.3 Å². The van der Waals surface area contributed by atoms with Crippen LogP contribution in [0.2, 0.25) is 5.02 Å². The van der Waals surface area contributed by atoms with Gasteiger partial charge in [-0.2, -0.15) is 0 Å². The minimum absolute atomic E-state index is 0.183. The van der Waals surface area contributed by atoms with Gasteiger partial charge in [-0.15, -0.1) is 0 Å². The van der Waals surface area contributed by atoms with Crippen LogP contribution < -0.4 is 4.90 Å². The van der Waals surface area contributed by atoms with Crippen molar-refractivity contribution in [1.82, 2.24) is 0 Å². The number of carbonyl (C=O) groups is 1. The number of halogens is 1. The fourth-order valence-corrected chi connectivity index (χ4v) is 2.44. The minimum Gasteiger partial charge on any atom is -0.478 e. The molecule has 1 aliphatic heterocycles. The highest BCUT2D eigenvalue weighted by atomic mass is 35.5. The Kier molecular flexibility index (Phi) is 3.57. The van der Waals surface area contributed by atoms with Gasteiger partial charge in [0.15, 0.2) is 0 Å². The summed E-state index contributed by atoms with van der Waals surface area (Å²) in [5.74, 6) is -0.216. The topological polar surface area (TPSA) is 40.5 Å². The summed E-state index contributed by atoms with van der Waals surface area (Å²) in [6.45, 7) is 4.23. The van der Waals surface area contributed by atoms with Crippen molar-refractivity contribution in [3.05, 3.63) is 28.8 Å². The van der Waals surface area contributed by atoms with Crippen LogP contribution in [0.3, 0.4) is 0 Å². The molecule has 1 aliphatic rings. The fraction of sp³-hybridized carbons (Fsp3) is 0.462. The molecule has 3 nitrogen and oxygen atoms in total. The molecule has 0 unspecified atom stereocenters. The summed E-state index contributed by atoms with van der Waals surface area (Å²) in [7, 11) is 0. The van der Waals surface area contributed by atoms with Crippen molar-refractivity contribution in [3.8, 4) is 0 Å². The summed E-state index contributed by atoms with van der Waals surface area (Å²) in [5.41, 5.74) is 1.14. The quantitative estimate of drug-likeness (QED) is 0.895.